The highest BCUT2D eigenvalue weighted by Gasteiger charge is 2.17. The van der Waals surface area contributed by atoms with E-state index in [1.807, 2.05) is 0 Å². The Morgan fingerprint density at radius 3 is 2.17 bits per heavy atom. The molecular weight excluding hydrogens is 398 g/mol. The maximum absolute atomic E-state index is 12.4. The maximum Gasteiger partial charge on any atom is 0.240 e. The minimum Gasteiger partial charge on any atom is -0.496 e. The van der Waals surface area contributed by atoms with Crippen LogP contribution in [0.2, 0.25) is 0 Å². The molecule has 0 spiro atoms. The fraction of sp³-hybridized carbons (Fsp3) is 0.250. The molecule has 0 atom stereocenters. The molecule has 0 saturated carbocycles. The van der Waals surface area contributed by atoms with Crippen molar-refractivity contribution in [2.75, 3.05) is 21.3 Å². The van der Waals surface area contributed by atoms with Crippen molar-refractivity contribution >= 4 is 26.0 Å². The van der Waals surface area contributed by atoms with E-state index in [1.54, 1.807) is 24.3 Å². The van der Waals surface area contributed by atoms with Crippen LogP contribution in [0.4, 0.5) is 0 Å². The van der Waals surface area contributed by atoms with E-state index < -0.39 is 10.0 Å². The summed E-state index contributed by atoms with van der Waals surface area (Å²) >= 11 is 3.27. The third-order valence-electron chi connectivity index (χ3n) is 3.35. The van der Waals surface area contributed by atoms with Crippen LogP contribution in [0.15, 0.2) is 45.8 Å². The molecule has 2 aromatic carbocycles. The second-order valence-electron chi connectivity index (χ2n) is 4.80. The Bertz CT molecular complexity index is 823. The predicted octanol–water partition coefficient (Wildman–Crippen LogP) is 2.95. The summed E-state index contributed by atoms with van der Waals surface area (Å²) in [4.78, 5) is 0.177. The van der Waals surface area contributed by atoms with E-state index in [-0.39, 0.29) is 11.4 Å². The van der Waals surface area contributed by atoms with Gasteiger partial charge in [0, 0.05) is 22.6 Å². The number of rotatable bonds is 7. The molecule has 0 radical (unpaired) electrons. The predicted molar refractivity (Wildman–Crippen MR) is 94.3 cm³/mol. The molecule has 0 amide bonds. The molecule has 1 N–H and O–H groups in total. The van der Waals surface area contributed by atoms with Gasteiger partial charge in [-0.2, -0.15) is 0 Å². The number of halogens is 1. The number of hydrogen-bond donors (Lipinski definition) is 1. The number of hydrogen-bond acceptors (Lipinski definition) is 5. The second kappa shape index (κ2) is 7.87. The Balaban J connectivity index is 2.28. The van der Waals surface area contributed by atoms with Gasteiger partial charge in [0.1, 0.15) is 5.75 Å². The van der Waals surface area contributed by atoms with Crippen molar-refractivity contribution in [2.45, 2.75) is 11.4 Å². The second-order valence-corrected chi connectivity index (χ2v) is 7.48. The third-order valence-corrected chi connectivity index (χ3v) is 5.24. The minimum absolute atomic E-state index is 0.0539. The average molecular weight is 416 g/mol. The van der Waals surface area contributed by atoms with Gasteiger partial charge in [-0.3, -0.25) is 0 Å². The molecule has 6 nitrogen and oxygen atoms in total. The summed E-state index contributed by atoms with van der Waals surface area (Å²) in [6.45, 7) is 0.0539. The van der Waals surface area contributed by atoms with E-state index in [4.69, 9.17) is 14.2 Å². The molecule has 8 heteroatoms. The lowest BCUT2D eigenvalue weighted by Crippen LogP contribution is -2.23. The average Bonchev–Trinajstić information content (AvgIpc) is 2.59. The highest BCUT2D eigenvalue weighted by atomic mass is 79.9. The first kappa shape index (κ1) is 18.6. The van der Waals surface area contributed by atoms with Crippen LogP contribution >= 0.6 is 15.9 Å². The van der Waals surface area contributed by atoms with Gasteiger partial charge < -0.3 is 14.2 Å². The molecule has 0 saturated heterocycles. The Morgan fingerprint density at radius 2 is 1.58 bits per heavy atom. The summed E-state index contributed by atoms with van der Waals surface area (Å²) in [5.41, 5.74) is 0.633. The van der Waals surface area contributed by atoms with Crippen LogP contribution in [0, 0.1) is 0 Å². The van der Waals surface area contributed by atoms with E-state index >= 15 is 0 Å². The van der Waals surface area contributed by atoms with Gasteiger partial charge in [-0.1, -0.05) is 22.0 Å². The van der Waals surface area contributed by atoms with E-state index in [9.17, 15) is 8.42 Å². The van der Waals surface area contributed by atoms with Gasteiger partial charge in [0.2, 0.25) is 10.0 Å². The van der Waals surface area contributed by atoms with Crippen molar-refractivity contribution < 1.29 is 22.6 Å². The summed E-state index contributed by atoms with van der Waals surface area (Å²) < 4.78 is 43.8. The van der Waals surface area contributed by atoms with Gasteiger partial charge in [0.05, 0.1) is 26.2 Å². The first-order chi connectivity index (χ1) is 11.4. The normalized spacial score (nSPS) is 11.2. The molecule has 24 heavy (non-hydrogen) atoms. The van der Waals surface area contributed by atoms with Gasteiger partial charge in [-0.05, 0) is 24.3 Å². The Morgan fingerprint density at radius 1 is 0.958 bits per heavy atom. The lowest BCUT2D eigenvalue weighted by atomic mass is 10.1. The molecule has 130 valence electrons. The first-order valence-corrected chi connectivity index (χ1v) is 9.23. The van der Waals surface area contributed by atoms with Gasteiger partial charge >= 0.3 is 0 Å². The molecule has 0 aliphatic heterocycles. The Kier molecular flexibility index (Phi) is 6.09. The van der Waals surface area contributed by atoms with Crippen molar-refractivity contribution in [3.8, 4) is 17.2 Å². The summed E-state index contributed by atoms with van der Waals surface area (Å²) in [6, 6.07) is 9.82. The van der Waals surface area contributed by atoms with Crippen LogP contribution in [0.5, 0.6) is 17.2 Å². The number of sulfonamides is 1. The largest absolute Gasteiger partial charge is 0.496 e. The maximum atomic E-state index is 12.4. The molecule has 0 bridgehead atoms. The van der Waals surface area contributed by atoms with Crippen LogP contribution < -0.4 is 18.9 Å². The summed E-state index contributed by atoms with van der Waals surface area (Å²) in [5, 5.41) is 0. The van der Waals surface area contributed by atoms with Crippen molar-refractivity contribution in [1.29, 1.82) is 0 Å². The Labute approximate surface area is 149 Å². The van der Waals surface area contributed by atoms with Crippen molar-refractivity contribution in [3.05, 3.63) is 46.4 Å². The monoisotopic (exact) mass is 415 g/mol. The fourth-order valence-electron chi connectivity index (χ4n) is 2.12. The number of ether oxygens (including phenoxy) is 3. The molecule has 2 rings (SSSR count). The van der Waals surface area contributed by atoms with Gasteiger partial charge in [0.25, 0.3) is 0 Å². The smallest absolute Gasteiger partial charge is 0.240 e. The highest BCUT2D eigenvalue weighted by Crippen LogP contribution is 2.34. The van der Waals surface area contributed by atoms with Gasteiger partial charge in [-0.25, -0.2) is 13.1 Å². The highest BCUT2D eigenvalue weighted by molar-refractivity contribution is 9.10. The third kappa shape index (κ3) is 4.19. The molecule has 0 heterocycles. The molecule has 0 aliphatic carbocycles. The molecule has 0 aromatic heterocycles. The summed E-state index contributed by atoms with van der Waals surface area (Å²) in [5.74, 6) is 1.51. The molecular formula is C16H18BrNO5S. The van der Waals surface area contributed by atoms with Gasteiger partial charge in [0.15, 0.2) is 11.5 Å². The summed E-state index contributed by atoms with van der Waals surface area (Å²) in [7, 11) is 0.893. The van der Waals surface area contributed by atoms with E-state index in [1.165, 1.54) is 33.5 Å². The topological polar surface area (TPSA) is 73.9 Å². The molecule has 0 aliphatic rings. The number of nitrogens with one attached hydrogen (secondary N) is 1. The van der Waals surface area contributed by atoms with E-state index in [0.29, 0.717) is 27.3 Å². The summed E-state index contributed by atoms with van der Waals surface area (Å²) in [6.07, 6.45) is 0. The SMILES string of the molecule is COc1cc(OC)c(OC)cc1CNS(=O)(=O)c1cccc(Br)c1. The van der Waals surface area contributed by atoms with Crippen molar-refractivity contribution in [3.63, 3.8) is 0 Å². The van der Waals surface area contributed by atoms with Gasteiger partial charge in [-0.15, -0.1) is 0 Å². The van der Waals surface area contributed by atoms with Crippen LogP contribution in [-0.4, -0.2) is 29.7 Å². The van der Waals surface area contributed by atoms with Crippen LogP contribution in [0.1, 0.15) is 5.56 Å². The quantitative estimate of drug-likeness (QED) is 0.752. The zero-order valence-corrected chi connectivity index (χ0v) is 15.9. The van der Waals surface area contributed by atoms with E-state index in [0.717, 1.165) is 0 Å². The Hall–Kier alpha value is -1.77. The van der Waals surface area contributed by atoms with Crippen molar-refractivity contribution in [2.24, 2.45) is 0 Å². The fourth-order valence-corrected chi connectivity index (χ4v) is 3.72. The van der Waals surface area contributed by atoms with Crippen LogP contribution in [0.3, 0.4) is 0 Å². The lowest BCUT2D eigenvalue weighted by Gasteiger charge is -2.14. The van der Waals surface area contributed by atoms with E-state index in [2.05, 4.69) is 20.7 Å². The molecule has 2 aromatic rings. The van der Waals surface area contributed by atoms with Crippen LogP contribution in [-0.2, 0) is 16.6 Å². The molecule has 0 unspecified atom stereocenters. The lowest BCUT2D eigenvalue weighted by molar-refractivity contribution is 0.347. The minimum atomic E-state index is -3.65. The zero-order valence-electron chi connectivity index (χ0n) is 13.5. The van der Waals surface area contributed by atoms with Crippen molar-refractivity contribution in [1.82, 2.24) is 4.72 Å². The first-order valence-electron chi connectivity index (χ1n) is 6.95. The molecule has 0 fully saturated rings. The zero-order chi connectivity index (χ0) is 17.7. The number of benzene rings is 2. The number of methoxy groups -OCH3 is 3. The standard InChI is InChI=1S/C16H18BrNO5S/c1-21-14-9-16(23-3)15(22-2)7-11(14)10-18-24(19,20)13-6-4-5-12(17)8-13/h4-9,18H,10H2,1-3H3. The van der Waals surface area contributed by atoms with Crippen LogP contribution in [0.25, 0.3) is 0 Å².